The molecule has 0 amide bonds. The number of rotatable bonds is 4. The standard InChI is InChI=1S/C27H34ClIO10/c1-7-16(32)37-22-18(29)19-11(2)17(28)21-27(39-19,12(3)24(33)38-21)23(36-14(5)31)20-25(22,6)15(35-13(4)30)8-9-26(20)10-34-26/h12,15,17-23H,2,7-10H2,1,3-6H3. The Labute approximate surface area is 245 Å². The molecule has 4 heterocycles. The van der Waals surface area contributed by atoms with Gasteiger partial charge in [-0.3, -0.25) is 19.2 Å². The Morgan fingerprint density at radius 2 is 1.79 bits per heavy atom. The fourth-order valence-corrected chi connectivity index (χ4v) is 9.39. The van der Waals surface area contributed by atoms with Crippen molar-refractivity contribution in [3.8, 4) is 0 Å². The largest absolute Gasteiger partial charge is 0.462 e. The SMILES string of the molecule is C=C1C(Cl)C2OC(=O)C(C)C23OC1C(I)C(OC(=O)CC)C1(C)C(OC(C)=O)CCC2(CO2)C1C3OC(C)=O. The number of ether oxygens (including phenoxy) is 6. The molecule has 5 rings (SSSR count). The Morgan fingerprint density at radius 3 is 2.36 bits per heavy atom. The van der Waals surface area contributed by atoms with Gasteiger partial charge in [0, 0.05) is 26.2 Å². The summed E-state index contributed by atoms with van der Waals surface area (Å²) in [6.45, 7) is 12.4. The third-order valence-electron chi connectivity index (χ3n) is 9.40. The van der Waals surface area contributed by atoms with Crippen LogP contribution < -0.4 is 0 Å². The summed E-state index contributed by atoms with van der Waals surface area (Å²) in [7, 11) is 0. The molecule has 1 aliphatic carbocycles. The predicted octanol–water partition coefficient (Wildman–Crippen LogP) is 3.04. The lowest BCUT2D eigenvalue weighted by atomic mass is 9.51. The molecule has 4 aliphatic heterocycles. The molecular weight excluding hydrogens is 647 g/mol. The van der Waals surface area contributed by atoms with Crippen molar-refractivity contribution in [1.29, 1.82) is 0 Å². The molecule has 0 aromatic carbocycles. The first-order valence-corrected chi connectivity index (χ1v) is 15.0. The number of carbonyl (C=O) groups excluding carboxylic acids is 4. The topological polar surface area (TPSA) is 127 Å². The number of hydrogen-bond acceptors (Lipinski definition) is 10. The van der Waals surface area contributed by atoms with Crippen LogP contribution in [-0.2, 0) is 47.6 Å². The van der Waals surface area contributed by atoms with Crippen LogP contribution in [0, 0.1) is 17.3 Å². The van der Waals surface area contributed by atoms with Crippen LogP contribution in [0.25, 0.3) is 0 Å². The van der Waals surface area contributed by atoms with Crippen LogP contribution in [-0.4, -0.2) is 81.5 Å². The van der Waals surface area contributed by atoms with Crippen LogP contribution in [0.5, 0.6) is 0 Å². The molecule has 1 saturated carbocycles. The van der Waals surface area contributed by atoms with E-state index in [2.05, 4.69) is 29.2 Å². The van der Waals surface area contributed by atoms with E-state index in [1.807, 2.05) is 6.92 Å². The van der Waals surface area contributed by atoms with Crippen LogP contribution >= 0.6 is 34.2 Å². The Hall–Kier alpha value is -1.44. The maximum Gasteiger partial charge on any atom is 0.312 e. The lowest BCUT2D eigenvalue weighted by molar-refractivity contribution is -0.284. The molecule has 12 heteroatoms. The third kappa shape index (κ3) is 4.15. The fraction of sp³-hybridized carbons (Fsp3) is 0.778. The first kappa shape index (κ1) is 29.1. The van der Waals surface area contributed by atoms with Crippen molar-refractivity contribution in [1.82, 2.24) is 0 Å². The summed E-state index contributed by atoms with van der Waals surface area (Å²) in [4.78, 5) is 51.2. The van der Waals surface area contributed by atoms with Gasteiger partial charge in [0.1, 0.15) is 18.3 Å². The smallest absolute Gasteiger partial charge is 0.312 e. The number of fused-ring (bicyclic) bond motifs is 3. The van der Waals surface area contributed by atoms with Gasteiger partial charge < -0.3 is 28.4 Å². The first-order valence-electron chi connectivity index (χ1n) is 13.3. The summed E-state index contributed by atoms with van der Waals surface area (Å²) in [6, 6.07) is 0. The Kier molecular flexibility index (Phi) is 7.33. The van der Waals surface area contributed by atoms with Crippen LogP contribution in [0.2, 0.25) is 0 Å². The highest BCUT2D eigenvalue weighted by Gasteiger charge is 2.79. The second kappa shape index (κ2) is 9.84. The zero-order valence-corrected chi connectivity index (χ0v) is 25.5. The minimum atomic E-state index is -1.49. The molecule has 0 aromatic heterocycles. The zero-order chi connectivity index (χ0) is 28.7. The molecule has 5 aliphatic rings. The highest BCUT2D eigenvalue weighted by Crippen LogP contribution is 2.65. The van der Waals surface area contributed by atoms with E-state index in [9.17, 15) is 19.2 Å². The molecule has 2 spiro atoms. The van der Waals surface area contributed by atoms with Gasteiger partial charge in [-0.15, -0.1) is 11.6 Å². The number of hydrogen-bond donors (Lipinski definition) is 0. The van der Waals surface area contributed by atoms with Crippen molar-refractivity contribution in [2.75, 3.05) is 6.61 Å². The van der Waals surface area contributed by atoms with Crippen LogP contribution in [0.3, 0.4) is 0 Å². The van der Waals surface area contributed by atoms with Gasteiger partial charge in [-0.05, 0) is 25.3 Å². The monoisotopic (exact) mass is 680 g/mol. The van der Waals surface area contributed by atoms with Crippen molar-refractivity contribution in [3.63, 3.8) is 0 Å². The van der Waals surface area contributed by atoms with Crippen molar-refractivity contribution < 1.29 is 47.6 Å². The summed E-state index contributed by atoms with van der Waals surface area (Å²) in [5, 5.41) is -0.858. The van der Waals surface area contributed by atoms with E-state index in [1.165, 1.54) is 13.8 Å². The maximum atomic E-state index is 13.2. The van der Waals surface area contributed by atoms with E-state index in [-0.39, 0.29) is 6.42 Å². The summed E-state index contributed by atoms with van der Waals surface area (Å²) < 4.78 is 36.5. The molecule has 10 nitrogen and oxygen atoms in total. The van der Waals surface area contributed by atoms with Gasteiger partial charge in [-0.1, -0.05) is 43.0 Å². The lowest BCUT2D eigenvalue weighted by Gasteiger charge is -2.62. The molecule has 39 heavy (non-hydrogen) atoms. The van der Waals surface area contributed by atoms with Crippen molar-refractivity contribution >= 4 is 58.1 Å². The Morgan fingerprint density at radius 1 is 1.15 bits per heavy atom. The van der Waals surface area contributed by atoms with Gasteiger partial charge in [0.05, 0.1) is 38.9 Å². The molecule has 0 N–H and O–H groups in total. The average molecular weight is 681 g/mol. The molecular formula is C27H34ClIO10. The van der Waals surface area contributed by atoms with Crippen molar-refractivity contribution in [2.45, 2.75) is 105 Å². The zero-order valence-electron chi connectivity index (χ0n) is 22.6. The molecule has 0 aromatic rings. The number of alkyl halides is 2. The van der Waals surface area contributed by atoms with Gasteiger partial charge in [0.25, 0.3) is 0 Å². The van der Waals surface area contributed by atoms with Crippen LogP contribution in [0.4, 0.5) is 0 Å². The molecule has 0 radical (unpaired) electrons. The quantitative estimate of drug-likeness (QED) is 0.109. The molecule has 4 saturated heterocycles. The first-order chi connectivity index (χ1) is 18.2. The molecule has 2 bridgehead atoms. The number of halogens is 2. The second-order valence-electron chi connectivity index (χ2n) is 11.5. The normalized spacial score (nSPS) is 48.1. The fourth-order valence-electron chi connectivity index (χ4n) is 7.49. The number of epoxide rings is 1. The number of esters is 4. The summed E-state index contributed by atoms with van der Waals surface area (Å²) in [5.74, 6) is -3.65. The second-order valence-corrected chi connectivity index (χ2v) is 13.4. The van der Waals surface area contributed by atoms with Crippen LogP contribution in [0.1, 0.15) is 53.9 Å². The van der Waals surface area contributed by atoms with Gasteiger partial charge in [0.2, 0.25) is 0 Å². The molecule has 12 atom stereocenters. The van der Waals surface area contributed by atoms with E-state index >= 15 is 0 Å². The minimum absolute atomic E-state index is 0.115. The Balaban J connectivity index is 1.82. The Bertz CT molecular complexity index is 1110. The predicted molar refractivity (Wildman–Crippen MR) is 144 cm³/mol. The summed E-state index contributed by atoms with van der Waals surface area (Å²) >= 11 is 9.13. The van der Waals surface area contributed by atoms with Gasteiger partial charge in [0.15, 0.2) is 11.7 Å². The van der Waals surface area contributed by atoms with Gasteiger partial charge in [-0.25, -0.2) is 0 Å². The number of carbonyl (C=O) groups is 4. The summed E-state index contributed by atoms with van der Waals surface area (Å²) in [6.07, 6.45) is -3.47. The van der Waals surface area contributed by atoms with E-state index in [0.717, 1.165) is 0 Å². The van der Waals surface area contributed by atoms with E-state index in [4.69, 9.17) is 40.0 Å². The average Bonchev–Trinajstić information content (AvgIpc) is 3.59. The van der Waals surface area contributed by atoms with E-state index < -0.39 is 92.2 Å². The highest BCUT2D eigenvalue weighted by molar-refractivity contribution is 14.1. The maximum absolute atomic E-state index is 13.2. The van der Waals surface area contributed by atoms with Gasteiger partial charge >= 0.3 is 23.9 Å². The van der Waals surface area contributed by atoms with Gasteiger partial charge in [-0.2, -0.15) is 0 Å². The van der Waals surface area contributed by atoms with Crippen LogP contribution in [0.15, 0.2) is 12.2 Å². The minimum Gasteiger partial charge on any atom is -0.462 e. The van der Waals surface area contributed by atoms with E-state index in [1.54, 1.807) is 13.8 Å². The molecule has 5 fully saturated rings. The van der Waals surface area contributed by atoms with E-state index in [0.29, 0.717) is 25.0 Å². The van der Waals surface area contributed by atoms with Crippen molar-refractivity contribution in [2.24, 2.45) is 17.3 Å². The lowest BCUT2D eigenvalue weighted by Crippen LogP contribution is -2.76. The highest BCUT2D eigenvalue weighted by atomic mass is 127. The van der Waals surface area contributed by atoms with Crippen molar-refractivity contribution in [3.05, 3.63) is 12.2 Å². The summed E-state index contributed by atoms with van der Waals surface area (Å²) in [5.41, 5.74) is -2.96. The molecule has 12 unspecified atom stereocenters. The third-order valence-corrected chi connectivity index (χ3v) is 11.2. The molecule has 216 valence electrons.